The Hall–Kier alpha value is -2.08. The van der Waals surface area contributed by atoms with Gasteiger partial charge in [-0.3, -0.25) is 0 Å². The number of benzene rings is 1. The van der Waals surface area contributed by atoms with Crippen molar-refractivity contribution in [2.24, 2.45) is 0 Å². The molecule has 0 fully saturated rings. The Morgan fingerprint density at radius 1 is 1.28 bits per heavy atom. The van der Waals surface area contributed by atoms with E-state index in [-0.39, 0.29) is 5.69 Å². The summed E-state index contributed by atoms with van der Waals surface area (Å²) in [4.78, 5) is 19.7. The lowest BCUT2D eigenvalue weighted by Crippen LogP contribution is -2.03. The Morgan fingerprint density at radius 2 is 2.00 bits per heavy atom. The molecule has 0 radical (unpaired) electrons. The molecule has 2 rings (SSSR count). The van der Waals surface area contributed by atoms with Gasteiger partial charge in [0.05, 0.1) is 12.0 Å². The normalized spacial score (nSPS) is 10.1. The SMILES string of the molecule is COc1ccccc1Sc1nccnc1C(=O)O. The quantitative estimate of drug-likeness (QED) is 0.911. The summed E-state index contributed by atoms with van der Waals surface area (Å²) in [5, 5.41) is 9.37. The van der Waals surface area contributed by atoms with E-state index in [2.05, 4.69) is 9.97 Å². The fourth-order valence-electron chi connectivity index (χ4n) is 1.35. The van der Waals surface area contributed by atoms with E-state index in [1.54, 1.807) is 13.2 Å². The van der Waals surface area contributed by atoms with Crippen molar-refractivity contribution < 1.29 is 14.6 Å². The number of aromatic nitrogens is 2. The van der Waals surface area contributed by atoms with Gasteiger partial charge >= 0.3 is 5.97 Å². The molecular weight excluding hydrogens is 252 g/mol. The van der Waals surface area contributed by atoms with Crippen LogP contribution < -0.4 is 4.74 Å². The van der Waals surface area contributed by atoms with Crippen molar-refractivity contribution in [3.8, 4) is 5.75 Å². The Kier molecular flexibility index (Phi) is 3.78. The first-order valence-corrected chi connectivity index (χ1v) is 5.89. The Morgan fingerprint density at radius 3 is 2.72 bits per heavy atom. The highest BCUT2D eigenvalue weighted by atomic mass is 32.2. The smallest absolute Gasteiger partial charge is 0.357 e. The molecule has 0 spiro atoms. The van der Waals surface area contributed by atoms with Crippen molar-refractivity contribution in [1.29, 1.82) is 0 Å². The van der Waals surface area contributed by atoms with E-state index >= 15 is 0 Å². The number of carboxylic acids is 1. The third-order valence-electron chi connectivity index (χ3n) is 2.14. The first-order valence-electron chi connectivity index (χ1n) is 5.07. The second-order valence-corrected chi connectivity index (χ2v) is 4.30. The molecule has 6 heteroatoms. The van der Waals surface area contributed by atoms with Crippen molar-refractivity contribution in [3.63, 3.8) is 0 Å². The number of aromatic carboxylic acids is 1. The number of rotatable bonds is 4. The van der Waals surface area contributed by atoms with Crippen molar-refractivity contribution in [3.05, 3.63) is 42.4 Å². The molecule has 0 aliphatic heterocycles. The Labute approximate surface area is 108 Å². The number of hydrogen-bond donors (Lipinski definition) is 1. The summed E-state index contributed by atoms with van der Waals surface area (Å²) in [6.07, 6.45) is 2.82. The number of carbonyl (C=O) groups is 1. The summed E-state index contributed by atoms with van der Waals surface area (Å²) < 4.78 is 5.20. The predicted octanol–water partition coefficient (Wildman–Crippen LogP) is 2.33. The molecule has 92 valence electrons. The van der Waals surface area contributed by atoms with Gasteiger partial charge in [-0.25, -0.2) is 14.8 Å². The number of para-hydroxylation sites is 1. The van der Waals surface area contributed by atoms with Gasteiger partial charge in [0, 0.05) is 12.4 Å². The largest absolute Gasteiger partial charge is 0.496 e. The lowest BCUT2D eigenvalue weighted by atomic mass is 10.3. The summed E-state index contributed by atoms with van der Waals surface area (Å²) >= 11 is 1.21. The third-order valence-corrected chi connectivity index (χ3v) is 3.19. The molecular formula is C12H10N2O3S. The minimum absolute atomic E-state index is 0.0617. The van der Waals surface area contributed by atoms with E-state index in [4.69, 9.17) is 9.84 Å². The van der Waals surface area contributed by atoms with Gasteiger partial charge < -0.3 is 9.84 Å². The molecule has 0 saturated carbocycles. The average molecular weight is 262 g/mol. The maximum atomic E-state index is 11.0. The molecule has 0 atom stereocenters. The van der Waals surface area contributed by atoms with Crippen LogP contribution in [0.15, 0.2) is 46.6 Å². The van der Waals surface area contributed by atoms with Crippen LogP contribution in [0, 0.1) is 0 Å². The van der Waals surface area contributed by atoms with E-state index in [1.165, 1.54) is 24.2 Å². The van der Waals surface area contributed by atoms with Crippen LogP contribution >= 0.6 is 11.8 Å². The van der Waals surface area contributed by atoms with Gasteiger partial charge in [-0.1, -0.05) is 23.9 Å². The Balaban J connectivity index is 2.37. The predicted molar refractivity (Wildman–Crippen MR) is 66.1 cm³/mol. The van der Waals surface area contributed by atoms with Crippen molar-refractivity contribution in [2.45, 2.75) is 9.92 Å². The van der Waals surface area contributed by atoms with Crippen molar-refractivity contribution in [2.75, 3.05) is 7.11 Å². The van der Waals surface area contributed by atoms with Gasteiger partial charge in [0.2, 0.25) is 0 Å². The summed E-state index contributed by atoms with van der Waals surface area (Å²) in [5.41, 5.74) is -0.0617. The number of hydrogen-bond acceptors (Lipinski definition) is 5. The number of methoxy groups -OCH3 is 1. The van der Waals surface area contributed by atoms with Crippen LogP contribution in [0.4, 0.5) is 0 Å². The number of ether oxygens (including phenoxy) is 1. The van der Waals surface area contributed by atoms with E-state index in [9.17, 15) is 4.79 Å². The van der Waals surface area contributed by atoms with Crippen LogP contribution in [-0.2, 0) is 0 Å². The molecule has 0 unspecified atom stereocenters. The molecule has 1 heterocycles. The highest BCUT2D eigenvalue weighted by Crippen LogP contribution is 2.34. The minimum Gasteiger partial charge on any atom is -0.496 e. The second kappa shape index (κ2) is 5.50. The molecule has 0 bridgehead atoms. The Bertz CT molecular complexity index is 575. The van der Waals surface area contributed by atoms with Gasteiger partial charge in [0.15, 0.2) is 5.69 Å². The summed E-state index contributed by atoms with van der Waals surface area (Å²) in [5.74, 6) is -0.426. The first kappa shape index (κ1) is 12.4. The zero-order valence-corrected chi connectivity index (χ0v) is 10.3. The lowest BCUT2D eigenvalue weighted by Gasteiger charge is -2.07. The molecule has 2 aromatic rings. The first-order chi connectivity index (χ1) is 8.72. The van der Waals surface area contributed by atoms with Crippen LogP contribution in [0.3, 0.4) is 0 Å². The topological polar surface area (TPSA) is 72.3 Å². The molecule has 1 aromatic heterocycles. The minimum atomic E-state index is -1.10. The molecule has 1 aromatic carbocycles. The fraction of sp³-hybridized carbons (Fsp3) is 0.0833. The second-order valence-electron chi connectivity index (χ2n) is 3.27. The van der Waals surface area contributed by atoms with E-state index in [0.29, 0.717) is 10.8 Å². The molecule has 1 N–H and O–H groups in total. The van der Waals surface area contributed by atoms with Gasteiger partial charge in [-0.15, -0.1) is 0 Å². The van der Waals surface area contributed by atoms with Gasteiger partial charge in [0.1, 0.15) is 10.8 Å². The van der Waals surface area contributed by atoms with Crippen LogP contribution in [0.2, 0.25) is 0 Å². The fourth-order valence-corrected chi connectivity index (χ4v) is 2.31. The monoisotopic (exact) mass is 262 g/mol. The maximum Gasteiger partial charge on any atom is 0.357 e. The maximum absolute atomic E-state index is 11.0. The zero-order valence-electron chi connectivity index (χ0n) is 9.53. The lowest BCUT2D eigenvalue weighted by molar-refractivity contribution is 0.0685. The van der Waals surface area contributed by atoms with Crippen molar-refractivity contribution in [1.82, 2.24) is 9.97 Å². The van der Waals surface area contributed by atoms with E-state index in [1.807, 2.05) is 18.2 Å². The molecule has 0 aliphatic carbocycles. The standard InChI is InChI=1S/C12H10N2O3S/c1-17-8-4-2-3-5-9(8)18-11-10(12(15)16)13-6-7-14-11/h2-7H,1H3,(H,15,16). The summed E-state index contributed by atoms with van der Waals surface area (Å²) in [7, 11) is 1.56. The average Bonchev–Trinajstić information content (AvgIpc) is 2.40. The van der Waals surface area contributed by atoms with Crippen LogP contribution in [0.25, 0.3) is 0 Å². The van der Waals surface area contributed by atoms with Gasteiger partial charge in [-0.05, 0) is 12.1 Å². The molecule has 0 aliphatic rings. The highest BCUT2D eigenvalue weighted by molar-refractivity contribution is 7.99. The molecule has 18 heavy (non-hydrogen) atoms. The van der Waals surface area contributed by atoms with Crippen LogP contribution in [-0.4, -0.2) is 28.2 Å². The van der Waals surface area contributed by atoms with Gasteiger partial charge in [0.25, 0.3) is 0 Å². The van der Waals surface area contributed by atoms with Gasteiger partial charge in [-0.2, -0.15) is 0 Å². The zero-order chi connectivity index (χ0) is 13.0. The third kappa shape index (κ3) is 2.60. The summed E-state index contributed by atoms with van der Waals surface area (Å²) in [6.45, 7) is 0. The van der Waals surface area contributed by atoms with Crippen LogP contribution in [0.1, 0.15) is 10.5 Å². The molecule has 5 nitrogen and oxygen atoms in total. The van der Waals surface area contributed by atoms with E-state index in [0.717, 1.165) is 4.90 Å². The molecule has 0 saturated heterocycles. The van der Waals surface area contributed by atoms with Crippen molar-refractivity contribution >= 4 is 17.7 Å². The van der Waals surface area contributed by atoms with Crippen LogP contribution in [0.5, 0.6) is 5.75 Å². The molecule has 0 amide bonds. The van der Waals surface area contributed by atoms with E-state index < -0.39 is 5.97 Å². The number of carboxylic acid groups (broad SMARTS) is 1. The number of nitrogens with zero attached hydrogens (tertiary/aromatic N) is 2. The highest BCUT2D eigenvalue weighted by Gasteiger charge is 2.15. The summed E-state index contributed by atoms with van der Waals surface area (Å²) in [6, 6.07) is 7.34.